The Bertz CT molecular complexity index is 807. The zero-order chi connectivity index (χ0) is 15.5. The van der Waals surface area contributed by atoms with Gasteiger partial charge >= 0.3 is 0 Å². The van der Waals surface area contributed by atoms with Crippen molar-refractivity contribution in [2.45, 2.75) is 38.5 Å². The number of aromatic nitrogens is 3. The zero-order valence-electron chi connectivity index (χ0n) is 13.3. The molecule has 0 saturated heterocycles. The second-order valence-electron chi connectivity index (χ2n) is 6.47. The molecule has 23 heavy (non-hydrogen) atoms. The summed E-state index contributed by atoms with van der Waals surface area (Å²) in [6, 6.07) is 14.3. The Balaban J connectivity index is 1.61. The molecule has 116 valence electrons. The maximum atomic E-state index is 4.82. The molecule has 3 nitrogen and oxygen atoms in total. The van der Waals surface area contributed by atoms with Crippen LogP contribution >= 0.6 is 0 Å². The molecule has 0 atom stereocenters. The first kappa shape index (κ1) is 14.3. The van der Waals surface area contributed by atoms with E-state index in [1.165, 1.54) is 37.8 Å². The smallest absolute Gasteiger partial charge is 0.178 e. The number of nitrogens with zero attached hydrogens (tertiary/aromatic N) is 3. The average Bonchev–Trinajstić information content (AvgIpc) is 2.62. The van der Waals surface area contributed by atoms with Crippen LogP contribution in [0.25, 0.3) is 22.4 Å². The van der Waals surface area contributed by atoms with Gasteiger partial charge in [-0.15, -0.1) is 0 Å². The van der Waals surface area contributed by atoms with Crippen molar-refractivity contribution in [1.29, 1.82) is 0 Å². The van der Waals surface area contributed by atoms with Gasteiger partial charge in [-0.2, -0.15) is 0 Å². The molecule has 3 aromatic rings. The number of benzene rings is 1. The molecular formula is C20H21N3. The zero-order valence-corrected chi connectivity index (χ0v) is 13.3. The van der Waals surface area contributed by atoms with Crippen LogP contribution < -0.4 is 0 Å². The normalized spacial score (nSPS) is 15.8. The van der Waals surface area contributed by atoms with Crippen molar-refractivity contribution in [3.05, 3.63) is 54.4 Å². The maximum Gasteiger partial charge on any atom is 0.178 e. The molecule has 0 bridgehead atoms. The van der Waals surface area contributed by atoms with Crippen LogP contribution in [0.1, 0.15) is 37.8 Å². The quantitative estimate of drug-likeness (QED) is 0.696. The molecule has 2 heterocycles. The maximum absolute atomic E-state index is 4.82. The topological polar surface area (TPSA) is 38.7 Å². The SMILES string of the molecule is c1cc(CC2CCCCC2)nc(-c2ncc3ccccc3n2)c1. The molecule has 1 saturated carbocycles. The van der Waals surface area contributed by atoms with Crippen molar-refractivity contribution in [2.24, 2.45) is 5.92 Å². The highest BCUT2D eigenvalue weighted by Gasteiger charge is 2.15. The van der Waals surface area contributed by atoms with Crippen LogP contribution in [0.4, 0.5) is 0 Å². The molecule has 0 spiro atoms. The highest BCUT2D eigenvalue weighted by Crippen LogP contribution is 2.27. The number of pyridine rings is 1. The Labute approximate surface area is 136 Å². The Morgan fingerprint density at radius 1 is 0.870 bits per heavy atom. The molecule has 3 heteroatoms. The number of para-hydroxylation sites is 1. The minimum absolute atomic E-state index is 0.717. The van der Waals surface area contributed by atoms with E-state index in [9.17, 15) is 0 Å². The van der Waals surface area contributed by atoms with Crippen molar-refractivity contribution in [2.75, 3.05) is 0 Å². The third-order valence-electron chi connectivity index (χ3n) is 4.75. The van der Waals surface area contributed by atoms with Gasteiger partial charge in [0.2, 0.25) is 0 Å². The van der Waals surface area contributed by atoms with Crippen LogP contribution in [-0.4, -0.2) is 15.0 Å². The first-order chi connectivity index (χ1) is 11.4. The molecule has 1 fully saturated rings. The number of rotatable bonds is 3. The van der Waals surface area contributed by atoms with Gasteiger partial charge in [-0.05, 0) is 30.5 Å². The average molecular weight is 303 g/mol. The van der Waals surface area contributed by atoms with Crippen molar-refractivity contribution >= 4 is 10.9 Å². The fourth-order valence-electron chi connectivity index (χ4n) is 3.50. The lowest BCUT2D eigenvalue weighted by Crippen LogP contribution is -2.10. The van der Waals surface area contributed by atoms with E-state index in [4.69, 9.17) is 4.98 Å². The van der Waals surface area contributed by atoms with E-state index >= 15 is 0 Å². The van der Waals surface area contributed by atoms with Gasteiger partial charge in [0.05, 0.1) is 5.52 Å². The van der Waals surface area contributed by atoms with Crippen LogP contribution in [0.3, 0.4) is 0 Å². The van der Waals surface area contributed by atoms with Gasteiger partial charge in [0, 0.05) is 17.3 Å². The summed E-state index contributed by atoms with van der Waals surface area (Å²) in [6.07, 6.45) is 9.80. The molecule has 0 aliphatic heterocycles. The van der Waals surface area contributed by atoms with Crippen molar-refractivity contribution in [3.63, 3.8) is 0 Å². The van der Waals surface area contributed by atoms with Gasteiger partial charge in [-0.25, -0.2) is 15.0 Å². The minimum Gasteiger partial charge on any atom is -0.249 e. The van der Waals surface area contributed by atoms with E-state index in [0.717, 1.165) is 28.9 Å². The number of hydrogen-bond acceptors (Lipinski definition) is 3. The Kier molecular flexibility index (Phi) is 4.01. The van der Waals surface area contributed by atoms with Crippen molar-refractivity contribution in [3.8, 4) is 11.5 Å². The summed E-state index contributed by atoms with van der Waals surface area (Å²) < 4.78 is 0. The molecule has 0 radical (unpaired) electrons. The third kappa shape index (κ3) is 3.24. The summed E-state index contributed by atoms with van der Waals surface area (Å²) in [7, 11) is 0. The van der Waals surface area contributed by atoms with Gasteiger partial charge in [0.15, 0.2) is 5.82 Å². The van der Waals surface area contributed by atoms with Gasteiger partial charge in [0.25, 0.3) is 0 Å². The van der Waals surface area contributed by atoms with E-state index in [2.05, 4.69) is 22.1 Å². The molecule has 0 amide bonds. The van der Waals surface area contributed by atoms with Crippen LogP contribution in [0, 0.1) is 5.92 Å². The molecule has 4 rings (SSSR count). The lowest BCUT2D eigenvalue weighted by atomic mass is 9.86. The molecule has 2 aromatic heterocycles. The predicted octanol–water partition coefficient (Wildman–Crippen LogP) is 4.81. The number of fused-ring (bicyclic) bond motifs is 1. The molecular weight excluding hydrogens is 282 g/mol. The third-order valence-corrected chi connectivity index (χ3v) is 4.75. The standard InChI is InChI=1S/C20H21N3/c1-2-7-15(8-3-1)13-17-10-6-12-19(22-17)20-21-14-16-9-4-5-11-18(16)23-20/h4-6,9-12,14-15H,1-3,7-8,13H2. The summed E-state index contributed by atoms with van der Waals surface area (Å²) in [4.78, 5) is 14.0. The summed E-state index contributed by atoms with van der Waals surface area (Å²) in [5.74, 6) is 1.51. The van der Waals surface area contributed by atoms with Gasteiger partial charge in [-0.1, -0.05) is 56.4 Å². The Morgan fingerprint density at radius 2 is 1.74 bits per heavy atom. The lowest BCUT2D eigenvalue weighted by Gasteiger charge is -2.21. The summed E-state index contributed by atoms with van der Waals surface area (Å²) >= 11 is 0. The van der Waals surface area contributed by atoms with Gasteiger partial charge in [0.1, 0.15) is 5.69 Å². The highest BCUT2D eigenvalue weighted by atomic mass is 14.9. The monoisotopic (exact) mass is 303 g/mol. The number of hydrogen-bond donors (Lipinski definition) is 0. The summed E-state index contributed by atoms with van der Waals surface area (Å²) in [5.41, 5.74) is 3.02. The molecule has 1 aliphatic rings. The van der Waals surface area contributed by atoms with Gasteiger partial charge < -0.3 is 0 Å². The first-order valence-corrected chi connectivity index (χ1v) is 8.56. The minimum atomic E-state index is 0.717. The van der Waals surface area contributed by atoms with Crippen LogP contribution in [-0.2, 0) is 6.42 Å². The Morgan fingerprint density at radius 3 is 2.65 bits per heavy atom. The van der Waals surface area contributed by atoms with Crippen molar-refractivity contribution < 1.29 is 0 Å². The summed E-state index contributed by atoms with van der Waals surface area (Å²) in [6.45, 7) is 0. The largest absolute Gasteiger partial charge is 0.249 e. The predicted molar refractivity (Wildman–Crippen MR) is 93.0 cm³/mol. The molecule has 0 N–H and O–H groups in total. The first-order valence-electron chi connectivity index (χ1n) is 8.56. The molecule has 0 unspecified atom stereocenters. The fraction of sp³-hybridized carbons (Fsp3) is 0.350. The van der Waals surface area contributed by atoms with Gasteiger partial charge in [-0.3, -0.25) is 0 Å². The lowest BCUT2D eigenvalue weighted by molar-refractivity contribution is 0.354. The van der Waals surface area contributed by atoms with Crippen LogP contribution in [0.5, 0.6) is 0 Å². The van der Waals surface area contributed by atoms with E-state index in [0.29, 0.717) is 5.82 Å². The second kappa shape index (κ2) is 6.45. The Hall–Kier alpha value is -2.29. The van der Waals surface area contributed by atoms with E-state index in [-0.39, 0.29) is 0 Å². The van der Waals surface area contributed by atoms with E-state index in [1.807, 2.05) is 36.5 Å². The van der Waals surface area contributed by atoms with Crippen LogP contribution in [0.2, 0.25) is 0 Å². The fourth-order valence-corrected chi connectivity index (χ4v) is 3.50. The van der Waals surface area contributed by atoms with E-state index in [1.54, 1.807) is 0 Å². The molecule has 1 aromatic carbocycles. The molecule has 1 aliphatic carbocycles. The van der Waals surface area contributed by atoms with Crippen molar-refractivity contribution in [1.82, 2.24) is 15.0 Å². The van der Waals surface area contributed by atoms with Crippen LogP contribution in [0.15, 0.2) is 48.7 Å². The van der Waals surface area contributed by atoms with E-state index < -0.39 is 0 Å². The second-order valence-corrected chi connectivity index (χ2v) is 6.47. The highest BCUT2D eigenvalue weighted by molar-refractivity contribution is 5.78. The summed E-state index contributed by atoms with van der Waals surface area (Å²) in [5, 5.41) is 1.06.